The predicted octanol–water partition coefficient (Wildman–Crippen LogP) is 3.67. The van der Waals surface area contributed by atoms with Crippen molar-refractivity contribution in [3.63, 3.8) is 0 Å². The van der Waals surface area contributed by atoms with Gasteiger partial charge in [-0.3, -0.25) is 9.69 Å². The third-order valence-corrected chi connectivity index (χ3v) is 5.31. The van der Waals surface area contributed by atoms with Gasteiger partial charge in [-0.2, -0.15) is 0 Å². The number of nitrogens with one attached hydrogen (secondary N) is 1. The Hall–Kier alpha value is -2.09. The Morgan fingerprint density at radius 3 is 2.69 bits per heavy atom. The van der Waals surface area contributed by atoms with E-state index in [1.54, 1.807) is 20.8 Å². The number of piperidine rings is 1. The van der Waals surface area contributed by atoms with Crippen molar-refractivity contribution in [1.29, 1.82) is 0 Å². The van der Waals surface area contributed by atoms with Gasteiger partial charge in [-0.1, -0.05) is 6.58 Å². The van der Waals surface area contributed by atoms with Crippen molar-refractivity contribution in [2.45, 2.75) is 38.3 Å². The Kier molecular flexibility index (Phi) is 4.29. The lowest BCUT2D eigenvalue weighted by molar-refractivity contribution is -0.121. The van der Waals surface area contributed by atoms with Crippen LogP contribution < -0.4 is 11.1 Å². The summed E-state index contributed by atoms with van der Waals surface area (Å²) in [6, 6.07) is 2.52. The molecule has 26 heavy (non-hydrogen) atoms. The lowest BCUT2D eigenvalue weighted by Crippen LogP contribution is -2.50. The first kappa shape index (κ1) is 18.7. The first-order chi connectivity index (χ1) is 12.0. The van der Waals surface area contributed by atoms with Crippen LogP contribution in [0.3, 0.4) is 0 Å². The summed E-state index contributed by atoms with van der Waals surface area (Å²) in [4.78, 5) is 27.0. The minimum absolute atomic E-state index is 0.0973. The molecule has 1 aliphatic carbocycles. The van der Waals surface area contributed by atoms with Crippen LogP contribution in [0.1, 0.15) is 27.2 Å². The van der Waals surface area contributed by atoms with E-state index in [-0.39, 0.29) is 21.8 Å². The van der Waals surface area contributed by atoms with Crippen LogP contribution in [0.5, 0.6) is 0 Å². The number of amides is 2. The average Bonchev–Trinajstić information content (AvgIpc) is 2.91. The Balaban J connectivity index is 1.86. The lowest BCUT2D eigenvalue weighted by atomic mass is 10.1. The zero-order valence-electron chi connectivity index (χ0n) is 14.9. The van der Waals surface area contributed by atoms with E-state index in [0.717, 1.165) is 6.07 Å². The predicted molar refractivity (Wildman–Crippen MR) is 100 cm³/mol. The molecule has 3 rings (SSSR count). The number of nitrogens with two attached hydrogens (primary N) is 1. The maximum atomic E-state index is 13.5. The summed E-state index contributed by atoms with van der Waals surface area (Å²) in [5.41, 5.74) is 5.04. The fraction of sp³-hybridized carbons (Fsp3) is 0.444. The van der Waals surface area contributed by atoms with Gasteiger partial charge in [0.2, 0.25) is 0 Å². The molecule has 2 amide bonds. The topological polar surface area (TPSA) is 84.7 Å². The maximum absolute atomic E-state index is 13.5. The molecule has 2 fully saturated rings. The highest BCUT2D eigenvalue weighted by Crippen LogP contribution is 2.60. The second-order valence-corrected chi connectivity index (χ2v) is 8.43. The molecule has 8 heteroatoms. The first-order valence-corrected chi connectivity index (χ1v) is 9.03. The quantitative estimate of drug-likeness (QED) is 0.558. The number of carbonyl (C=O) groups is 2. The van der Waals surface area contributed by atoms with Gasteiger partial charge in [0.1, 0.15) is 11.4 Å². The third-order valence-electron chi connectivity index (χ3n) is 4.70. The van der Waals surface area contributed by atoms with Gasteiger partial charge in [-0.25, -0.2) is 9.18 Å². The third kappa shape index (κ3) is 2.86. The van der Waals surface area contributed by atoms with E-state index >= 15 is 0 Å². The highest BCUT2D eigenvalue weighted by Gasteiger charge is 2.72. The van der Waals surface area contributed by atoms with Gasteiger partial charge in [0.25, 0.3) is 5.91 Å². The zero-order valence-corrected chi connectivity index (χ0v) is 16.4. The molecule has 6 nitrogen and oxygen atoms in total. The Morgan fingerprint density at radius 1 is 1.46 bits per heavy atom. The van der Waals surface area contributed by atoms with Crippen LogP contribution in [-0.2, 0) is 9.53 Å². The molecule has 2 atom stereocenters. The largest absolute Gasteiger partial charge is 0.444 e. The SMILES string of the molecule is C=C1[C@H]2CCN(C(=O)OC(C)(C)C)[C@@]12C(=O)Nc1cc(Br)c(F)cc1N. The maximum Gasteiger partial charge on any atom is 0.411 e. The van der Waals surface area contributed by atoms with Gasteiger partial charge in [-0.05, 0) is 54.8 Å². The highest BCUT2D eigenvalue weighted by molar-refractivity contribution is 9.10. The van der Waals surface area contributed by atoms with Crippen molar-refractivity contribution in [1.82, 2.24) is 4.90 Å². The Labute approximate surface area is 159 Å². The number of hydrogen-bond acceptors (Lipinski definition) is 4. The number of hydrogen-bond donors (Lipinski definition) is 2. The molecular weight excluding hydrogens is 405 g/mol. The zero-order chi connectivity index (χ0) is 19.4. The minimum Gasteiger partial charge on any atom is -0.444 e. The number of benzene rings is 1. The first-order valence-electron chi connectivity index (χ1n) is 8.24. The summed E-state index contributed by atoms with van der Waals surface area (Å²) < 4.78 is 19.2. The molecular formula is C18H21BrFN3O3. The van der Waals surface area contributed by atoms with Crippen molar-refractivity contribution in [2.24, 2.45) is 5.92 Å². The number of nitrogen functional groups attached to an aromatic ring is 1. The van der Waals surface area contributed by atoms with E-state index < -0.39 is 29.0 Å². The summed E-state index contributed by atoms with van der Waals surface area (Å²) in [6.45, 7) is 9.67. The fourth-order valence-electron chi connectivity index (χ4n) is 3.49. The normalized spacial score (nSPS) is 24.3. The van der Waals surface area contributed by atoms with Crippen molar-refractivity contribution in [3.8, 4) is 0 Å². The van der Waals surface area contributed by atoms with Crippen molar-refractivity contribution >= 4 is 39.3 Å². The Morgan fingerprint density at radius 2 is 2.12 bits per heavy atom. The molecule has 0 aromatic heterocycles. The molecule has 0 bridgehead atoms. The number of rotatable bonds is 2. The van der Waals surface area contributed by atoms with Gasteiger partial charge >= 0.3 is 6.09 Å². The summed E-state index contributed by atoms with van der Waals surface area (Å²) in [6.07, 6.45) is 0.0933. The summed E-state index contributed by atoms with van der Waals surface area (Å²) in [5.74, 6) is -1.05. The summed E-state index contributed by atoms with van der Waals surface area (Å²) in [7, 11) is 0. The molecule has 140 valence electrons. The monoisotopic (exact) mass is 425 g/mol. The van der Waals surface area contributed by atoms with Crippen LogP contribution in [0.2, 0.25) is 0 Å². The molecule has 1 aliphatic heterocycles. The smallest absolute Gasteiger partial charge is 0.411 e. The second kappa shape index (κ2) is 5.97. The summed E-state index contributed by atoms with van der Waals surface area (Å²) >= 11 is 3.07. The standard InChI is InChI=1S/C18H21BrFN3O3/c1-9-10-5-6-23(16(25)26-17(2,3)4)18(9,10)15(24)22-14-7-11(19)12(20)8-13(14)21/h7-8,10H,1,5-6,21H2,2-4H3,(H,22,24)/t10-,18+/m1/s1. The molecule has 1 aromatic carbocycles. The van der Waals surface area contributed by atoms with E-state index in [1.807, 2.05) is 0 Å². The van der Waals surface area contributed by atoms with Gasteiger partial charge in [0.15, 0.2) is 5.54 Å². The number of likely N-dealkylation sites (tertiary alicyclic amines) is 1. The van der Waals surface area contributed by atoms with Gasteiger partial charge in [-0.15, -0.1) is 0 Å². The van der Waals surface area contributed by atoms with Crippen LogP contribution in [-0.4, -0.2) is 34.6 Å². The lowest BCUT2D eigenvalue weighted by Gasteiger charge is -2.30. The number of halogens is 2. The molecule has 1 heterocycles. The number of fused-ring (bicyclic) bond motifs is 1. The number of ether oxygens (including phenoxy) is 1. The average molecular weight is 426 g/mol. The molecule has 0 spiro atoms. The molecule has 3 N–H and O–H groups in total. The van der Waals surface area contributed by atoms with E-state index in [0.29, 0.717) is 18.5 Å². The minimum atomic E-state index is -1.13. The van der Waals surface area contributed by atoms with Crippen molar-refractivity contribution in [3.05, 3.63) is 34.6 Å². The van der Waals surface area contributed by atoms with Crippen molar-refractivity contribution < 1.29 is 18.7 Å². The fourth-order valence-corrected chi connectivity index (χ4v) is 3.83. The number of carbonyl (C=O) groups excluding carboxylic acids is 2. The highest BCUT2D eigenvalue weighted by atomic mass is 79.9. The van der Waals surface area contributed by atoms with Crippen LogP contribution in [0, 0.1) is 11.7 Å². The van der Waals surface area contributed by atoms with Crippen LogP contribution in [0.15, 0.2) is 28.8 Å². The van der Waals surface area contributed by atoms with Crippen LogP contribution >= 0.6 is 15.9 Å². The number of nitrogens with zero attached hydrogens (tertiary/aromatic N) is 1. The molecule has 0 unspecified atom stereocenters. The molecule has 2 aliphatic rings. The second-order valence-electron chi connectivity index (χ2n) is 7.57. The van der Waals surface area contributed by atoms with Gasteiger partial charge < -0.3 is 15.8 Å². The summed E-state index contributed by atoms with van der Waals surface area (Å²) in [5, 5.41) is 2.71. The van der Waals surface area contributed by atoms with Gasteiger partial charge in [0, 0.05) is 18.5 Å². The Bertz CT molecular complexity index is 821. The molecule has 1 saturated carbocycles. The number of anilines is 2. The molecule has 0 radical (unpaired) electrons. The van der Waals surface area contributed by atoms with E-state index in [4.69, 9.17) is 10.5 Å². The van der Waals surface area contributed by atoms with Crippen LogP contribution in [0.4, 0.5) is 20.6 Å². The molecule has 1 saturated heterocycles. The van der Waals surface area contributed by atoms with Crippen LogP contribution in [0.25, 0.3) is 0 Å². The van der Waals surface area contributed by atoms with E-state index in [2.05, 4.69) is 27.8 Å². The van der Waals surface area contributed by atoms with E-state index in [1.165, 1.54) is 11.0 Å². The van der Waals surface area contributed by atoms with E-state index in [9.17, 15) is 14.0 Å². The van der Waals surface area contributed by atoms with Crippen molar-refractivity contribution in [2.75, 3.05) is 17.6 Å². The van der Waals surface area contributed by atoms with Gasteiger partial charge in [0.05, 0.1) is 15.8 Å². The molecule has 1 aromatic rings.